The number of aromatic nitrogens is 3. The normalized spacial score (nSPS) is 16.3. The standard InChI is InChI=1S/C22H19FN4O3/c23-15-8-9-16-17(11-15)25-21(24-16)18-7-4-10-27(18)22(28)19-12-20(26-30-19)29-13-14-5-2-1-3-6-14/h1-3,5-6,8-9,11-12,18H,4,7,10,13H2,(H,24,25). The highest BCUT2D eigenvalue weighted by molar-refractivity contribution is 5.92. The first kappa shape index (κ1) is 18.4. The van der Waals surface area contributed by atoms with Crippen molar-refractivity contribution in [3.8, 4) is 5.88 Å². The van der Waals surface area contributed by atoms with E-state index in [0.29, 0.717) is 30.0 Å². The molecule has 0 bridgehead atoms. The third-order valence-corrected chi connectivity index (χ3v) is 5.22. The maximum Gasteiger partial charge on any atom is 0.293 e. The summed E-state index contributed by atoms with van der Waals surface area (Å²) in [5.74, 6) is 0.416. The van der Waals surface area contributed by atoms with Gasteiger partial charge >= 0.3 is 0 Å². The number of halogens is 1. The van der Waals surface area contributed by atoms with Gasteiger partial charge < -0.3 is 19.1 Å². The predicted molar refractivity (Wildman–Crippen MR) is 106 cm³/mol. The third kappa shape index (κ3) is 3.52. The minimum atomic E-state index is -0.332. The van der Waals surface area contributed by atoms with E-state index in [2.05, 4.69) is 15.1 Å². The molecule has 8 heteroatoms. The highest BCUT2D eigenvalue weighted by Crippen LogP contribution is 2.33. The van der Waals surface area contributed by atoms with Gasteiger partial charge in [-0.25, -0.2) is 9.37 Å². The summed E-state index contributed by atoms with van der Waals surface area (Å²) in [4.78, 5) is 22.4. The van der Waals surface area contributed by atoms with Crippen LogP contribution in [-0.4, -0.2) is 32.5 Å². The second-order valence-corrected chi connectivity index (χ2v) is 7.24. The smallest absolute Gasteiger partial charge is 0.293 e. The van der Waals surface area contributed by atoms with Crippen molar-refractivity contribution in [2.24, 2.45) is 0 Å². The highest BCUT2D eigenvalue weighted by atomic mass is 19.1. The Morgan fingerprint density at radius 1 is 1.23 bits per heavy atom. The molecule has 1 atom stereocenters. The van der Waals surface area contributed by atoms with Gasteiger partial charge in [-0.05, 0) is 41.8 Å². The Morgan fingerprint density at radius 2 is 2.10 bits per heavy atom. The Labute approximate surface area is 171 Å². The monoisotopic (exact) mass is 406 g/mol. The van der Waals surface area contributed by atoms with Crippen molar-refractivity contribution in [3.63, 3.8) is 0 Å². The van der Waals surface area contributed by atoms with E-state index in [0.717, 1.165) is 18.4 Å². The molecule has 152 valence electrons. The number of hydrogen-bond donors (Lipinski definition) is 1. The Morgan fingerprint density at radius 3 is 2.97 bits per heavy atom. The van der Waals surface area contributed by atoms with Crippen LogP contribution in [0, 0.1) is 5.82 Å². The molecule has 30 heavy (non-hydrogen) atoms. The predicted octanol–water partition coefficient (Wildman–Crippen LogP) is 4.25. The number of amides is 1. The second-order valence-electron chi connectivity index (χ2n) is 7.24. The van der Waals surface area contributed by atoms with E-state index in [1.807, 2.05) is 30.3 Å². The van der Waals surface area contributed by atoms with E-state index >= 15 is 0 Å². The quantitative estimate of drug-likeness (QED) is 0.536. The molecular formula is C22H19FN4O3. The van der Waals surface area contributed by atoms with Gasteiger partial charge in [0.1, 0.15) is 18.2 Å². The van der Waals surface area contributed by atoms with Crippen molar-refractivity contribution in [1.82, 2.24) is 20.0 Å². The number of nitrogens with one attached hydrogen (secondary N) is 1. The molecule has 2 aromatic carbocycles. The molecule has 0 aliphatic carbocycles. The van der Waals surface area contributed by atoms with E-state index in [1.54, 1.807) is 11.0 Å². The molecule has 4 aromatic rings. The lowest BCUT2D eigenvalue weighted by Gasteiger charge is -2.21. The third-order valence-electron chi connectivity index (χ3n) is 5.22. The Hall–Kier alpha value is -3.68. The first-order chi connectivity index (χ1) is 14.7. The van der Waals surface area contributed by atoms with Gasteiger partial charge in [0, 0.05) is 6.54 Å². The molecule has 1 aliphatic heterocycles. The first-order valence-corrected chi connectivity index (χ1v) is 9.77. The zero-order valence-corrected chi connectivity index (χ0v) is 16.0. The largest absolute Gasteiger partial charge is 0.471 e. The average Bonchev–Trinajstić information content (AvgIpc) is 3.50. The molecule has 1 N–H and O–H groups in total. The van der Waals surface area contributed by atoms with Crippen molar-refractivity contribution in [1.29, 1.82) is 0 Å². The molecule has 7 nitrogen and oxygen atoms in total. The topological polar surface area (TPSA) is 84.2 Å². The molecule has 0 radical (unpaired) electrons. The van der Waals surface area contributed by atoms with Crippen molar-refractivity contribution in [2.45, 2.75) is 25.5 Å². The van der Waals surface area contributed by atoms with Crippen LogP contribution < -0.4 is 4.74 Å². The summed E-state index contributed by atoms with van der Waals surface area (Å²) in [6.45, 7) is 0.915. The lowest BCUT2D eigenvalue weighted by atomic mass is 10.2. The van der Waals surface area contributed by atoms with E-state index in [9.17, 15) is 9.18 Å². The van der Waals surface area contributed by atoms with E-state index in [4.69, 9.17) is 9.26 Å². The summed E-state index contributed by atoms with van der Waals surface area (Å²) in [7, 11) is 0. The van der Waals surface area contributed by atoms with Crippen LogP contribution in [0.15, 0.2) is 59.1 Å². The zero-order chi connectivity index (χ0) is 20.5. The minimum absolute atomic E-state index is 0.118. The molecule has 0 spiro atoms. The number of nitrogens with zero attached hydrogens (tertiary/aromatic N) is 3. The van der Waals surface area contributed by atoms with Gasteiger partial charge in [-0.3, -0.25) is 4.79 Å². The van der Waals surface area contributed by atoms with Crippen LogP contribution in [0.1, 0.15) is 40.8 Å². The van der Waals surface area contributed by atoms with Gasteiger partial charge in [-0.2, -0.15) is 0 Å². The number of hydrogen-bond acceptors (Lipinski definition) is 5. The Balaban J connectivity index is 1.31. The zero-order valence-electron chi connectivity index (χ0n) is 16.0. The minimum Gasteiger partial charge on any atom is -0.471 e. The van der Waals surface area contributed by atoms with Crippen LogP contribution in [0.25, 0.3) is 11.0 Å². The van der Waals surface area contributed by atoms with E-state index < -0.39 is 0 Å². The van der Waals surface area contributed by atoms with E-state index in [1.165, 1.54) is 18.2 Å². The number of aromatic amines is 1. The lowest BCUT2D eigenvalue weighted by molar-refractivity contribution is 0.0688. The number of rotatable bonds is 5. The highest BCUT2D eigenvalue weighted by Gasteiger charge is 2.34. The maximum absolute atomic E-state index is 13.5. The van der Waals surface area contributed by atoms with Crippen LogP contribution in [-0.2, 0) is 6.61 Å². The number of carbonyl (C=O) groups excluding carboxylic acids is 1. The van der Waals surface area contributed by atoms with Crippen LogP contribution in [0.3, 0.4) is 0 Å². The summed E-state index contributed by atoms with van der Waals surface area (Å²) in [5.41, 5.74) is 2.27. The molecular weight excluding hydrogens is 387 g/mol. The number of likely N-dealkylation sites (tertiary alicyclic amines) is 1. The van der Waals surface area contributed by atoms with Gasteiger partial charge in [0.25, 0.3) is 11.8 Å². The number of benzene rings is 2. The maximum atomic E-state index is 13.5. The van der Waals surface area contributed by atoms with Crippen LogP contribution in [0.4, 0.5) is 4.39 Å². The molecule has 5 rings (SSSR count). The molecule has 1 unspecified atom stereocenters. The van der Waals surface area contributed by atoms with Gasteiger partial charge in [0.05, 0.1) is 23.1 Å². The average molecular weight is 406 g/mol. The number of carbonyl (C=O) groups is 1. The molecule has 1 fully saturated rings. The molecule has 1 aliphatic rings. The Kier molecular flexibility index (Phi) is 4.66. The second kappa shape index (κ2) is 7.62. The molecule has 2 aromatic heterocycles. The number of imidazole rings is 1. The van der Waals surface area contributed by atoms with Gasteiger partial charge in [-0.15, -0.1) is 0 Å². The number of fused-ring (bicyclic) bond motifs is 1. The fourth-order valence-electron chi connectivity index (χ4n) is 3.75. The summed E-state index contributed by atoms with van der Waals surface area (Å²) in [6, 6.07) is 15.4. The van der Waals surface area contributed by atoms with Crippen molar-refractivity contribution in [2.75, 3.05) is 6.54 Å². The number of H-pyrrole nitrogens is 1. The molecule has 0 saturated carbocycles. The molecule has 1 amide bonds. The van der Waals surface area contributed by atoms with Gasteiger partial charge in [0.2, 0.25) is 5.76 Å². The Bertz CT molecular complexity index is 1190. The summed E-state index contributed by atoms with van der Waals surface area (Å²) in [5, 5.41) is 3.86. The fourth-order valence-corrected chi connectivity index (χ4v) is 3.75. The van der Waals surface area contributed by atoms with Crippen LogP contribution in [0.2, 0.25) is 0 Å². The number of ether oxygens (including phenoxy) is 1. The van der Waals surface area contributed by atoms with Crippen LogP contribution >= 0.6 is 0 Å². The fraction of sp³-hybridized carbons (Fsp3) is 0.227. The lowest BCUT2D eigenvalue weighted by Crippen LogP contribution is -2.30. The van der Waals surface area contributed by atoms with Gasteiger partial charge in [-0.1, -0.05) is 30.3 Å². The summed E-state index contributed by atoms with van der Waals surface area (Å²) in [6.07, 6.45) is 1.60. The van der Waals surface area contributed by atoms with Gasteiger partial charge in [0.15, 0.2) is 0 Å². The SMILES string of the molecule is O=C(c1cc(OCc2ccccc2)no1)N1CCCC1c1nc2ccc(F)cc2[nH]1. The summed E-state index contributed by atoms with van der Waals surface area (Å²) >= 11 is 0. The first-order valence-electron chi connectivity index (χ1n) is 9.77. The van der Waals surface area contributed by atoms with Crippen molar-refractivity contribution >= 4 is 16.9 Å². The molecule has 1 saturated heterocycles. The van der Waals surface area contributed by atoms with E-state index in [-0.39, 0.29) is 29.4 Å². The van der Waals surface area contributed by atoms with Crippen molar-refractivity contribution in [3.05, 3.63) is 77.6 Å². The molecule has 3 heterocycles. The summed E-state index contributed by atoms with van der Waals surface area (Å²) < 4.78 is 24.3. The van der Waals surface area contributed by atoms with Crippen LogP contribution in [0.5, 0.6) is 5.88 Å². The van der Waals surface area contributed by atoms with Crippen molar-refractivity contribution < 1.29 is 18.4 Å².